The Labute approximate surface area is 143 Å². The van der Waals surface area contributed by atoms with E-state index in [1.165, 1.54) is 43.7 Å². The summed E-state index contributed by atoms with van der Waals surface area (Å²) in [6.07, 6.45) is 12.9. The van der Waals surface area contributed by atoms with E-state index < -0.39 is 0 Å². The van der Waals surface area contributed by atoms with E-state index in [1.54, 1.807) is 0 Å². The van der Waals surface area contributed by atoms with Crippen molar-refractivity contribution in [1.82, 2.24) is 9.91 Å². The first kappa shape index (κ1) is 14.3. The second-order valence-electron chi connectivity index (χ2n) is 7.19. The van der Waals surface area contributed by atoms with E-state index >= 15 is 0 Å². The maximum atomic E-state index is 4.58. The summed E-state index contributed by atoms with van der Waals surface area (Å²) < 4.78 is 0. The van der Waals surface area contributed by atoms with E-state index in [4.69, 9.17) is 0 Å². The van der Waals surface area contributed by atoms with Crippen molar-refractivity contribution in [2.24, 2.45) is 10.9 Å². The summed E-state index contributed by atoms with van der Waals surface area (Å²) in [6.45, 7) is 5.61. The summed E-state index contributed by atoms with van der Waals surface area (Å²) in [5.74, 6) is 0.502. The third-order valence-corrected chi connectivity index (χ3v) is 5.89. The highest BCUT2D eigenvalue weighted by Gasteiger charge is 2.67. The lowest BCUT2D eigenvalue weighted by Gasteiger charge is -2.40. The molecule has 2 unspecified atom stereocenters. The fraction of sp³-hybridized carbons (Fsp3) is 0.450. The van der Waals surface area contributed by atoms with Crippen molar-refractivity contribution in [2.75, 3.05) is 24.6 Å². The maximum Gasteiger partial charge on any atom is 0.161 e. The van der Waals surface area contributed by atoms with Crippen molar-refractivity contribution in [1.29, 1.82) is 0 Å². The molecule has 4 heteroatoms. The molecule has 0 aromatic heterocycles. The molecule has 1 aromatic carbocycles. The lowest BCUT2D eigenvalue weighted by Crippen LogP contribution is -2.52. The van der Waals surface area contributed by atoms with E-state index in [0.29, 0.717) is 5.92 Å². The van der Waals surface area contributed by atoms with Gasteiger partial charge in [-0.1, -0.05) is 37.6 Å². The number of hydrazine groups is 1. The first-order valence-corrected chi connectivity index (χ1v) is 9.17. The van der Waals surface area contributed by atoms with Gasteiger partial charge in [-0.3, -0.25) is 19.9 Å². The van der Waals surface area contributed by atoms with Crippen LogP contribution in [-0.4, -0.2) is 41.4 Å². The average Bonchev–Trinajstić information content (AvgIpc) is 3.33. The van der Waals surface area contributed by atoms with Crippen LogP contribution in [0.2, 0.25) is 0 Å². The van der Waals surface area contributed by atoms with Crippen molar-refractivity contribution >= 4 is 17.6 Å². The van der Waals surface area contributed by atoms with Crippen molar-refractivity contribution in [2.45, 2.75) is 31.8 Å². The molecule has 0 amide bonds. The topological polar surface area (TPSA) is 21.9 Å². The Morgan fingerprint density at radius 3 is 2.83 bits per heavy atom. The molecule has 0 radical (unpaired) electrons. The average molecular weight is 320 g/mol. The third kappa shape index (κ3) is 1.80. The number of para-hydroxylation sites is 2. The third-order valence-electron chi connectivity index (χ3n) is 5.89. The highest BCUT2D eigenvalue weighted by Crippen LogP contribution is 2.58. The van der Waals surface area contributed by atoms with E-state index in [1.807, 2.05) is 6.21 Å². The molecule has 2 saturated heterocycles. The van der Waals surface area contributed by atoms with Crippen LogP contribution in [0.3, 0.4) is 0 Å². The summed E-state index contributed by atoms with van der Waals surface area (Å²) in [5, 5.41) is 4.96. The highest BCUT2D eigenvalue weighted by molar-refractivity contribution is 5.82. The van der Waals surface area contributed by atoms with Crippen LogP contribution in [0.25, 0.3) is 0 Å². The zero-order chi connectivity index (χ0) is 16.1. The van der Waals surface area contributed by atoms with Crippen LogP contribution in [0.1, 0.15) is 26.2 Å². The summed E-state index contributed by atoms with van der Waals surface area (Å²) >= 11 is 0. The molecule has 0 N–H and O–H groups in total. The number of rotatable bonds is 2. The fourth-order valence-electron chi connectivity index (χ4n) is 4.75. The molecule has 3 aliphatic heterocycles. The molecule has 24 heavy (non-hydrogen) atoms. The number of fused-ring (bicyclic) bond motifs is 2. The maximum absolute atomic E-state index is 4.58. The zero-order valence-corrected chi connectivity index (χ0v) is 14.2. The Bertz CT molecular complexity index is 744. The van der Waals surface area contributed by atoms with Crippen LogP contribution in [0.4, 0.5) is 11.4 Å². The molecule has 0 bridgehead atoms. The number of aliphatic imine (C=N–C) groups is 1. The Kier molecular flexibility index (Phi) is 3.10. The molecule has 4 nitrogen and oxygen atoms in total. The molecule has 124 valence electrons. The molecule has 4 aliphatic rings. The van der Waals surface area contributed by atoms with Crippen LogP contribution >= 0.6 is 0 Å². The lowest BCUT2D eigenvalue weighted by atomic mass is 9.93. The predicted octanol–water partition coefficient (Wildman–Crippen LogP) is 3.71. The van der Waals surface area contributed by atoms with Gasteiger partial charge >= 0.3 is 0 Å². The monoisotopic (exact) mass is 320 g/mol. The van der Waals surface area contributed by atoms with Crippen molar-refractivity contribution in [3.05, 3.63) is 48.2 Å². The van der Waals surface area contributed by atoms with Gasteiger partial charge in [0.1, 0.15) is 0 Å². The van der Waals surface area contributed by atoms with E-state index in [-0.39, 0.29) is 5.66 Å². The lowest BCUT2D eigenvalue weighted by molar-refractivity contribution is 0.0719. The van der Waals surface area contributed by atoms with Gasteiger partial charge in [-0.15, -0.1) is 0 Å². The Hall–Kier alpha value is -2.07. The molecule has 0 spiro atoms. The molecule has 1 aromatic rings. The van der Waals surface area contributed by atoms with Crippen LogP contribution in [-0.2, 0) is 0 Å². The number of nitrogens with zero attached hydrogens (tertiary/aromatic N) is 4. The molecule has 2 atom stereocenters. The van der Waals surface area contributed by atoms with Crippen LogP contribution in [0, 0.1) is 5.92 Å². The van der Waals surface area contributed by atoms with Gasteiger partial charge in [0, 0.05) is 25.2 Å². The molecule has 5 rings (SSSR count). The number of allylic oxidation sites excluding steroid dienone is 2. The Morgan fingerprint density at radius 1 is 1.12 bits per heavy atom. The summed E-state index contributed by atoms with van der Waals surface area (Å²) in [5.41, 5.74) is 3.79. The normalized spacial score (nSPS) is 31.5. The fourth-order valence-corrected chi connectivity index (χ4v) is 4.75. The van der Waals surface area contributed by atoms with Crippen LogP contribution < -0.4 is 5.01 Å². The number of hydrogen-bond donors (Lipinski definition) is 0. The van der Waals surface area contributed by atoms with E-state index in [0.717, 1.165) is 12.2 Å². The minimum atomic E-state index is 0.0491. The SMILES string of the molecule is CC1C=CC=C2N(N3CC=Nc4ccccc43)C21N1CCCCC1. The second kappa shape index (κ2) is 5.21. The Balaban J connectivity index is 1.56. The largest absolute Gasteiger partial charge is 0.276 e. The number of likely N-dealkylation sites (tertiary alicyclic amines) is 1. The molecule has 3 heterocycles. The van der Waals surface area contributed by atoms with Gasteiger partial charge in [0.25, 0.3) is 0 Å². The van der Waals surface area contributed by atoms with Gasteiger partial charge in [-0.25, -0.2) is 0 Å². The number of piperidine rings is 1. The summed E-state index contributed by atoms with van der Waals surface area (Å²) in [6, 6.07) is 8.48. The predicted molar refractivity (Wildman–Crippen MR) is 98.3 cm³/mol. The van der Waals surface area contributed by atoms with Crippen molar-refractivity contribution in [3.63, 3.8) is 0 Å². The van der Waals surface area contributed by atoms with Gasteiger partial charge in [-0.2, -0.15) is 0 Å². The van der Waals surface area contributed by atoms with Crippen molar-refractivity contribution < 1.29 is 0 Å². The molecule has 1 aliphatic carbocycles. The zero-order valence-electron chi connectivity index (χ0n) is 14.2. The standard InChI is InChI=1S/C20H24N4/c1-16-8-7-11-19-20(16,22-13-5-2-6-14-22)24(19)23-15-12-21-17-9-3-4-10-18(17)23/h3-4,7-12,16H,2,5-6,13-15H2,1H3. The molecular formula is C20H24N4. The summed E-state index contributed by atoms with van der Waals surface area (Å²) in [4.78, 5) is 7.30. The van der Waals surface area contributed by atoms with Crippen LogP contribution in [0.15, 0.2) is 53.2 Å². The minimum absolute atomic E-state index is 0.0491. The van der Waals surface area contributed by atoms with Crippen molar-refractivity contribution in [3.8, 4) is 0 Å². The highest BCUT2D eigenvalue weighted by atomic mass is 15.8. The van der Waals surface area contributed by atoms with Crippen LogP contribution in [0.5, 0.6) is 0 Å². The number of benzene rings is 1. The van der Waals surface area contributed by atoms with Gasteiger partial charge in [0.2, 0.25) is 0 Å². The van der Waals surface area contributed by atoms with Gasteiger partial charge < -0.3 is 0 Å². The number of hydrogen-bond acceptors (Lipinski definition) is 4. The van der Waals surface area contributed by atoms with Gasteiger partial charge in [0.15, 0.2) is 5.66 Å². The molecule has 2 fully saturated rings. The molecular weight excluding hydrogens is 296 g/mol. The smallest absolute Gasteiger partial charge is 0.161 e. The Morgan fingerprint density at radius 2 is 1.96 bits per heavy atom. The second-order valence-corrected chi connectivity index (χ2v) is 7.19. The van der Waals surface area contributed by atoms with E-state index in [2.05, 4.69) is 69.3 Å². The first-order valence-electron chi connectivity index (χ1n) is 9.17. The number of anilines is 1. The van der Waals surface area contributed by atoms with Gasteiger partial charge in [0.05, 0.1) is 23.6 Å². The van der Waals surface area contributed by atoms with Gasteiger partial charge in [-0.05, 0) is 31.1 Å². The summed E-state index contributed by atoms with van der Waals surface area (Å²) in [7, 11) is 0. The minimum Gasteiger partial charge on any atom is -0.276 e. The first-order chi connectivity index (χ1) is 11.8. The quantitative estimate of drug-likeness (QED) is 0.776. The van der Waals surface area contributed by atoms with E-state index in [9.17, 15) is 0 Å². The molecule has 0 saturated carbocycles.